The molecule has 0 aliphatic heterocycles. The van der Waals surface area contributed by atoms with Gasteiger partial charge in [-0.05, 0) is 35.9 Å². The molecular weight excluding hydrogens is 270 g/mol. The van der Waals surface area contributed by atoms with Crippen molar-refractivity contribution in [1.82, 2.24) is 0 Å². The number of nitrogens with one attached hydrogen (secondary N) is 1. The Bertz CT molecular complexity index is 536. The fourth-order valence-corrected chi connectivity index (χ4v) is 2.69. The van der Waals surface area contributed by atoms with Crippen LogP contribution in [0.15, 0.2) is 40.9 Å². The summed E-state index contributed by atoms with van der Waals surface area (Å²) in [6.45, 7) is 3.91. The maximum absolute atomic E-state index is 12.0. The highest BCUT2D eigenvalue weighted by atomic mass is 32.2. The third-order valence-corrected chi connectivity index (χ3v) is 4.10. The number of benzene rings is 1. The molecule has 0 saturated heterocycles. The zero-order valence-corrected chi connectivity index (χ0v) is 12.8. The molecular formula is C16H19NO2S. The van der Waals surface area contributed by atoms with Crippen LogP contribution in [-0.2, 0) is 9.59 Å². The maximum Gasteiger partial charge on any atom is 0.168 e. The highest BCUT2D eigenvalue weighted by Gasteiger charge is 2.35. The monoisotopic (exact) mass is 289 g/mol. The van der Waals surface area contributed by atoms with Gasteiger partial charge >= 0.3 is 0 Å². The minimum atomic E-state index is -0.217. The van der Waals surface area contributed by atoms with E-state index in [0.717, 1.165) is 5.69 Å². The van der Waals surface area contributed by atoms with Gasteiger partial charge in [-0.2, -0.15) is 0 Å². The van der Waals surface area contributed by atoms with Gasteiger partial charge < -0.3 is 5.32 Å². The Kier molecular flexibility index (Phi) is 4.33. The molecule has 0 amide bonds. The topological polar surface area (TPSA) is 46.2 Å². The van der Waals surface area contributed by atoms with E-state index in [2.05, 4.69) is 5.32 Å². The van der Waals surface area contributed by atoms with Crippen molar-refractivity contribution in [2.75, 3.05) is 11.6 Å². The number of ketones is 2. The quantitative estimate of drug-likeness (QED) is 0.524. The van der Waals surface area contributed by atoms with E-state index in [-0.39, 0.29) is 17.0 Å². The molecule has 1 aromatic rings. The molecule has 0 bridgehead atoms. The van der Waals surface area contributed by atoms with Gasteiger partial charge in [0.25, 0.3) is 0 Å². The van der Waals surface area contributed by atoms with Gasteiger partial charge in [0.1, 0.15) is 0 Å². The number of anilines is 1. The molecule has 2 rings (SSSR count). The van der Waals surface area contributed by atoms with Crippen molar-refractivity contribution in [2.45, 2.75) is 31.6 Å². The molecule has 1 N–H and O–H groups in total. The first kappa shape index (κ1) is 14.9. The zero-order chi connectivity index (χ0) is 14.8. The van der Waals surface area contributed by atoms with Crippen LogP contribution in [0, 0.1) is 5.41 Å². The molecule has 1 fully saturated rings. The molecule has 1 saturated carbocycles. The van der Waals surface area contributed by atoms with Gasteiger partial charge in [0.05, 0.1) is 5.57 Å². The van der Waals surface area contributed by atoms with Crippen LogP contribution in [0.4, 0.5) is 5.69 Å². The van der Waals surface area contributed by atoms with E-state index < -0.39 is 0 Å². The molecule has 0 aromatic heterocycles. The van der Waals surface area contributed by atoms with E-state index in [1.54, 1.807) is 18.0 Å². The largest absolute Gasteiger partial charge is 0.361 e. The number of carbonyl (C=O) groups excluding carboxylic acids is 2. The van der Waals surface area contributed by atoms with E-state index in [4.69, 9.17) is 0 Å². The second kappa shape index (κ2) is 5.83. The summed E-state index contributed by atoms with van der Waals surface area (Å²) in [6.07, 6.45) is 4.43. The SMILES string of the molecule is CSc1ccc(NC=C2C(=O)CC(C)(C)CC2=O)cc1. The third kappa shape index (κ3) is 3.51. The van der Waals surface area contributed by atoms with Gasteiger partial charge in [-0.15, -0.1) is 11.8 Å². The zero-order valence-electron chi connectivity index (χ0n) is 12.0. The standard InChI is InChI=1S/C16H19NO2S/c1-16(2)8-14(18)13(15(19)9-16)10-17-11-4-6-12(20-3)7-5-11/h4-7,10,17H,8-9H2,1-3H3. The highest BCUT2D eigenvalue weighted by Crippen LogP contribution is 2.33. The average Bonchev–Trinajstić information content (AvgIpc) is 2.37. The van der Waals surface area contributed by atoms with Crippen molar-refractivity contribution < 1.29 is 9.59 Å². The van der Waals surface area contributed by atoms with Crippen molar-refractivity contribution in [3.8, 4) is 0 Å². The first-order valence-corrected chi connectivity index (χ1v) is 7.81. The molecule has 0 heterocycles. The molecule has 1 aliphatic rings. The molecule has 0 unspecified atom stereocenters. The minimum absolute atomic E-state index is 0.0699. The lowest BCUT2D eigenvalue weighted by atomic mass is 9.74. The molecule has 0 spiro atoms. The van der Waals surface area contributed by atoms with Crippen molar-refractivity contribution in [1.29, 1.82) is 0 Å². The van der Waals surface area contributed by atoms with Crippen molar-refractivity contribution in [3.05, 3.63) is 36.0 Å². The van der Waals surface area contributed by atoms with Crippen molar-refractivity contribution in [2.24, 2.45) is 5.41 Å². The molecule has 1 aliphatic carbocycles. The molecule has 106 valence electrons. The number of hydrogen-bond donors (Lipinski definition) is 1. The van der Waals surface area contributed by atoms with Crippen LogP contribution in [0.25, 0.3) is 0 Å². The van der Waals surface area contributed by atoms with Gasteiger partial charge in [0.15, 0.2) is 11.6 Å². The van der Waals surface area contributed by atoms with Gasteiger partial charge in [-0.25, -0.2) is 0 Å². The predicted molar refractivity (Wildman–Crippen MR) is 83.0 cm³/mol. The van der Waals surface area contributed by atoms with E-state index in [9.17, 15) is 9.59 Å². The summed E-state index contributed by atoms with van der Waals surface area (Å²) in [5.74, 6) is -0.140. The lowest BCUT2D eigenvalue weighted by molar-refractivity contribution is -0.127. The van der Waals surface area contributed by atoms with Crippen LogP contribution in [-0.4, -0.2) is 17.8 Å². The Morgan fingerprint density at radius 3 is 2.15 bits per heavy atom. The van der Waals surface area contributed by atoms with Crippen LogP contribution in [0.5, 0.6) is 0 Å². The molecule has 0 radical (unpaired) electrons. The molecule has 0 atom stereocenters. The number of rotatable bonds is 3. The Hall–Kier alpha value is -1.55. The summed E-state index contributed by atoms with van der Waals surface area (Å²) in [7, 11) is 0. The first-order valence-electron chi connectivity index (χ1n) is 6.58. The molecule has 3 nitrogen and oxygen atoms in total. The highest BCUT2D eigenvalue weighted by molar-refractivity contribution is 7.98. The Morgan fingerprint density at radius 1 is 1.10 bits per heavy atom. The number of carbonyl (C=O) groups is 2. The second-order valence-electron chi connectivity index (χ2n) is 5.79. The Morgan fingerprint density at radius 2 is 1.65 bits per heavy atom. The summed E-state index contributed by atoms with van der Waals surface area (Å²) in [5, 5.41) is 3.04. The number of hydrogen-bond acceptors (Lipinski definition) is 4. The summed E-state index contributed by atoms with van der Waals surface area (Å²) < 4.78 is 0. The number of allylic oxidation sites excluding steroid dienone is 1. The van der Waals surface area contributed by atoms with E-state index in [1.165, 1.54) is 4.90 Å². The second-order valence-corrected chi connectivity index (χ2v) is 6.67. The molecule has 4 heteroatoms. The molecule has 1 aromatic carbocycles. The molecule has 20 heavy (non-hydrogen) atoms. The van der Waals surface area contributed by atoms with Crippen LogP contribution in [0.3, 0.4) is 0 Å². The van der Waals surface area contributed by atoms with E-state index in [1.807, 2.05) is 44.4 Å². The van der Waals surface area contributed by atoms with Gasteiger partial charge in [-0.1, -0.05) is 13.8 Å². The number of Topliss-reactive ketones (excluding diaryl/α,β-unsaturated/α-hetero) is 2. The first-order chi connectivity index (χ1) is 9.41. The fourth-order valence-electron chi connectivity index (χ4n) is 2.28. The minimum Gasteiger partial charge on any atom is -0.361 e. The normalized spacial score (nSPS) is 18.1. The average molecular weight is 289 g/mol. The van der Waals surface area contributed by atoms with Gasteiger partial charge in [0, 0.05) is 29.6 Å². The predicted octanol–water partition coefficient (Wildman–Crippen LogP) is 3.66. The Balaban J connectivity index is 2.10. The van der Waals surface area contributed by atoms with Crippen LogP contribution in [0.2, 0.25) is 0 Å². The van der Waals surface area contributed by atoms with Crippen LogP contribution < -0.4 is 5.32 Å². The van der Waals surface area contributed by atoms with E-state index >= 15 is 0 Å². The summed E-state index contributed by atoms with van der Waals surface area (Å²) >= 11 is 1.67. The van der Waals surface area contributed by atoms with Crippen LogP contribution in [0.1, 0.15) is 26.7 Å². The van der Waals surface area contributed by atoms with Crippen LogP contribution >= 0.6 is 11.8 Å². The lowest BCUT2D eigenvalue weighted by Gasteiger charge is -2.28. The van der Waals surface area contributed by atoms with Gasteiger partial charge in [-0.3, -0.25) is 9.59 Å². The lowest BCUT2D eigenvalue weighted by Crippen LogP contribution is -2.31. The van der Waals surface area contributed by atoms with Crippen molar-refractivity contribution in [3.63, 3.8) is 0 Å². The van der Waals surface area contributed by atoms with Crippen molar-refractivity contribution >= 4 is 29.0 Å². The summed E-state index contributed by atoms with van der Waals surface area (Å²) in [6, 6.07) is 7.87. The summed E-state index contributed by atoms with van der Waals surface area (Å²) in [4.78, 5) is 25.2. The third-order valence-electron chi connectivity index (χ3n) is 3.35. The maximum atomic E-state index is 12.0. The fraction of sp³-hybridized carbons (Fsp3) is 0.375. The van der Waals surface area contributed by atoms with Gasteiger partial charge in [0.2, 0.25) is 0 Å². The Labute approximate surface area is 123 Å². The van der Waals surface area contributed by atoms with E-state index in [0.29, 0.717) is 18.4 Å². The number of thioether (sulfide) groups is 1. The smallest absolute Gasteiger partial charge is 0.168 e. The summed E-state index contributed by atoms with van der Waals surface area (Å²) in [5.41, 5.74) is 0.949.